The number of benzene rings is 1. The molecule has 1 aliphatic rings. The van der Waals surface area contributed by atoms with Crippen LogP contribution in [0, 0.1) is 5.92 Å². The molecule has 3 atom stereocenters. The molecule has 1 fully saturated rings. The summed E-state index contributed by atoms with van der Waals surface area (Å²) in [6.07, 6.45) is 1.26. The molecule has 3 nitrogen and oxygen atoms in total. The van der Waals surface area contributed by atoms with Crippen LogP contribution in [0.2, 0.25) is 0 Å². The molecule has 1 saturated carbocycles. The predicted octanol–water partition coefficient (Wildman–Crippen LogP) is 2.17. The molecule has 92 valence electrons. The Hall–Kier alpha value is -1.16. The molecule has 0 bridgehead atoms. The molecule has 0 amide bonds. The number of hydrogen-bond acceptors (Lipinski definition) is 3. The van der Waals surface area contributed by atoms with E-state index in [-0.39, 0.29) is 17.0 Å². The Labute approximate surface area is 104 Å². The van der Waals surface area contributed by atoms with Crippen molar-refractivity contribution in [1.82, 2.24) is 0 Å². The quantitative estimate of drug-likeness (QED) is 0.828. The first-order valence-corrected chi connectivity index (χ1v) is 6.92. The smallest absolute Gasteiger partial charge is 0.136 e. The topological polar surface area (TPSA) is 43.4 Å². The van der Waals surface area contributed by atoms with Crippen molar-refractivity contribution in [2.45, 2.75) is 29.9 Å². The van der Waals surface area contributed by atoms with Gasteiger partial charge in [-0.05, 0) is 18.6 Å². The van der Waals surface area contributed by atoms with Gasteiger partial charge in [-0.2, -0.15) is 0 Å². The van der Waals surface area contributed by atoms with Gasteiger partial charge in [0.25, 0.3) is 0 Å². The molecule has 0 radical (unpaired) electrons. The second kappa shape index (κ2) is 5.00. The number of hydrogen-bond donors (Lipinski definition) is 0. The maximum atomic E-state index is 12.5. The Morgan fingerprint density at radius 2 is 2.06 bits per heavy atom. The first-order valence-electron chi connectivity index (χ1n) is 5.71. The normalized spacial score (nSPS) is 25.9. The van der Waals surface area contributed by atoms with E-state index in [1.807, 2.05) is 25.1 Å². The lowest BCUT2D eigenvalue weighted by Gasteiger charge is -2.15. The molecular formula is C13H16O3S. The standard InChI is InChI=1S/C13H16O3S/c1-9-10(14)7-8-12(9)17(15)13-6-4-3-5-11(13)16-2/h3-6,9,12H,7-8H2,1-2H3. The number of methoxy groups -OCH3 is 1. The van der Waals surface area contributed by atoms with Crippen LogP contribution in [0.1, 0.15) is 19.8 Å². The van der Waals surface area contributed by atoms with E-state index in [9.17, 15) is 9.00 Å². The van der Waals surface area contributed by atoms with E-state index in [0.717, 1.165) is 0 Å². The van der Waals surface area contributed by atoms with Crippen molar-refractivity contribution in [3.63, 3.8) is 0 Å². The highest BCUT2D eigenvalue weighted by molar-refractivity contribution is 7.85. The third kappa shape index (κ3) is 2.27. The van der Waals surface area contributed by atoms with Gasteiger partial charge in [-0.25, -0.2) is 0 Å². The first kappa shape index (κ1) is 12.3. The Bertz CT molecular complexity index is 456. The van der Waals surface area contributed by atoms with Gasteiger partial charge in [0.1, 0.15) is 11.5 Å². The van der Waals surface area contributed by atoms with Gasteiger partial charge in [0.15, 0.2) is 0 Å². The molecule has 0 saturated heterocycles. The fraction of sp³-hybridized carbons (Fsp3) is 0.462. The second-order valence-corrected chi connectivity index (χ2v) is 5.92. The van der Waals surface area contributed by atoms with E-state index < -0.39 is 10.8 Å². The van der Waals surface area contributed by atoms with Gasteiger partial charge >= 0.3 is 0 Å². The van der Waals surface area contributed by atoms with E-state index in [2.05, 4.69) is 0 Å². The SMILES string of the molecule is COc1ccccc1S(=O)C1CCC(=O)C1C. The zero-order chi connectivity index (χ0) is 12.4. The average Bonchev–Trinajstić information content (AvgIpc) is 2.69. The van der Waals surface area contributed by atoms with E-state index in [4.69, 9.17) is 4.74 Å². The largest absolute Gasteiger partial charge is 0.495 e. The molecule has 0 aliphatic heterocycles. The molecule has 17 heavy (non-hydrogen) atoms. The number of para-hydroxylation sites is 1. The minimum absolute atomic E-state index is 0.0706. The van der Waals surface area contributed by atoms with Crippen LogP contribution >= 0.6 is 0 Å². The summed E-state index contributed by atoms with van der Waals surface area (Å²) >= 11 is 0. The summed E-state index contributed by atoms with van der Waals surface area (Å²) in [4.78, 5) is 12.2. The summed E-state index contributed by atoms with van der Waals surface area (Å²) in [6, 6.07) is 7.30. The van der Waals surface area contributed by atoms with Crippen LogP contribution in [0.3, 0.4) is 0 Å². The van der Waals surface area contributed by atoms with Crippen molar-refractivity contribution in [2.75, 3.05) is 7.11 Å². The van der Waals surface area contributed by atoms with E-state index in [1.54, 1.807) is 13.2 Å². The molecule has 2 rings (SSSR count). The monoisotopic (exact) mass is 252 g/mol. The Kier molecular flexibility index (Phi) is 3.62. The highest BCUT2D eigenvalue weighted by Crippen LogP contribution is 2.32. The van der Waals surface area contributed by atoms with E-state index >= 15 is 0 Å². The Balaban J connectivity index is 2.28. The van der Waals surface area contributed by atoms with Crippen LogP contribution in [0.15, 0.2) is 29.2 Å². The zero-order valence-corrected chi connectivity index (χ0v) is 10.8. The van der Waals surface area contributed by atoms with Crippen molar-refractivity contribution in [3.05, 3.63) is 24.3 Å². The molecule has 0 aromatic heterocycles. The fourth-order valence-electron chi connectivity index (χ4n) is 2.21. The number of ether oxygens (including phenoxy) is 1. The maximum Gasteiger partial charge on any atom is 0.136 e. The molecule has 1 aromatic rings. The molecule has 3 unspecified atom stereocenters. The third-order valence-corrected chi connectivity index (χ3v) is 5.27. The molecule has 1 aliphatic carbocycles. The minimum Gasteiger partial charge on any atom is -0.495 e. The van der Waals surface area contributed by atoms with Crippen LogP contribution in [0.5, 0.6) is 5.75 Å². The summed E-state index contributed by atoms with van der Waals surface area (Å²) in [5, 5.41) is -0.0706. The molecule has 4 heteroatoms. The fourth-order valence-corrected chi connectivity index (χ4v) is 3.95. The second-order valence-electron chi connectivity index (χ2n) is 4.28. The summed E-state index contributed by atoms with van der Waals surface area (Å²) in [5.74, 6) is 0.747. The van der Waals surface area contributed by atoms with E-state index in [0.29, 0.717) is 23.5 Å². The van der Waals surface area contributed by atoms with Gasteiger partial charge in [-0.15, -0.1) is 0 Å². The van der Waals surface area contributed by atoms with Gasteiger partial charge in [0.2, 0.25) is 0 Å². The molecule has 0 heterocycles. The first-order chi connectivity index (χ1) is 8.15. The summed E-state index contributed by atoms with van der Waals surface area (Å²) in [7, 11) is 0.402. The average molecular weight is 252 g/mol. The van der Waals surface area contributed by atoms with Crippen LogP contribution in [-0.2, 0) is 15.6 Å². The van der Waals surface area contributed by atoms with Crippen molar-refractivity contribution < 1.29 is 13.7 Å². The summed E-state index contributed by atoms with van der Waals surface area (Å²) < 4.78 is 17.7. The van der Waals surface area contributed by atoms with Crippen LogP contribution in [-0.4, -0.2) is 22.4 Å². The van der Waals surface area contributed by atoms with Crippen molar-refractivity contribution >= 4 is 16.6 Å². The highest BCUT2D eigenvalue weighted by atomic mass is 32.2. The van der Waals surface area contributed by atoms with E-state index in [1.165, 1.54) is 0 Å². The lowest BCUT2D eigenvalue weighted by Crippen LogP contribution is -2.21. The highest BCUT2D eigenvalue weighted by Gasteiger charge is 2.36. The maximum absolute atomic E-state index is 12.5. The van der Waals surface area contributed by atoms with Crippen molar-refractivity contribution in [2.24, 2.45) is 5.92 Å². The van der Waals surface area contributed by atoms with Crippen LogP contribution < -0.4 is 4.74 Å². The number of rotatable bonds is 3. The Morgan fingerprint density at radius 3 is 2.65 bits per heavy atom. The lowest BCUT2D eigenvalue weighted by molar-refractivity contribution is -0.120. The zero-order valence-electron chi connectivity index (χ0n) is 10.0. The van der Waals surface area contributed by atoms with Gasteiger partial charge in [0, 0.05) is 17.6 Å². The van der Waals surface area contributed by atoms with Crippen molar-refractivity contribution in [3.8, 4) is 5.75 Å². The number of Topliss-reactive ketones (excluding diaryl/α,β-unsaturated/α-hetero) is 1. The molecule has 1 aromatic carbocycles. The van der Waals surface area contributed by atoms with Crippen LogP contribution in [0.25, 0.3) is 0 Å². The molecular weight excluding hydrogens is 236 g/mol. The number of carbonyl (C=O) groups excluding carboxylic acids is 1. The van der Waals surface area contributed by atoms with Crippen molar-refractivity contribution in [1.29, 1.82) is 0 Å². The molecule has 0 spiro atoms. The third-order valence-electron chi connectivity index (χ3n) is 3.30. The Morgan fingerprint density at radius 1 is 1.35 bits per heavy atom. The van der Waals surface area contributed by atoms with Crippen LogP contribution in [0.4, 0.5) is 0 Å². The van der Waals surface area contributed by atoms with Gasteiger partial charge in [-0.1, -0.05) is 19.1 Å². The number of ketones is 1. The van der Waals surface area contributed by atoms with Gasteiger partial charge in [0.05, 0.1) is 22.8 Å². The van der Waals surface area contributed by atoms with Gasteiger partial charge < -0.3 is 4.74 Å². The summed E-state index contributed by atoms with van der Waals surface area (Å²) in [6.45, 7) is 1.87. The molecule has 0 N–H and O–H groups in total. The lowest BCUT2D eigenvalue weighted by atomic mass is 10.1. The summed E-state index contributed by atoms with van der Waals surface area (Å²) in [5.41, 5.74) is 0. The van der Waals surface area contributed by atoms with Gasteiger partial charge in [-0.3, -0.25) is 9.00 Å². The number of carbonyl (C=O) groups is 1. The predicted molar refractivity (Wildman–Crippen MR) is 66.6 cm³/mol. The minimum atomic E-state index is -1.17.